The van der Waals surface area contributed by atoms with Crippen molar-refractivity contribution < 1.29 is 17.6 Å². The average Bonchev–Trinajstić information content (AvgIpc) is 2.10. The molecule has 0 saturated heterocycles. The maximum atomic E-state index is 13.1. The Bertz CT molecular complexity index is 378. The van der Waals surface area contributed by atoms with Crippen molar-refractivity contribution in [1.82, 2.24) is 0 Å². The molecule has 0 aliphatic rings. The average molecular weight is 262 g/mol. The Morgan fingerprint density at radius 3 is 2.20 bits per heavy atom. The normalized spacial score (nSPS) is 14.1. The van der Waals surface area contributed by atoms with Crippen molar-refractivity contribution in [3.8, 4) is 0 Å². The number of alkyl halides is 3. The molecule has 0 unspecified atom stereocenters. The Labute approximate surface area is 92.8 Å². The highest BCUT2D eigenvalue weighted by Gasteiger charge is 2.40. The van der Waals surface area contributed by atoms with Crippen LogP contribution in [0.4, 0.5) is 17.6 Å². The molecule has 0 heterocycles. The standard InChI is InChI=1S/C8H5Cl2F4N/c9-3-1-2-4(11)5(6(3)10)7(15)8(12,13)14/h1-2,7H,15H2/t7-/m1/s1. The molecule has 15 heavy (non-hydrogen) atoms. The van der Waals surface area contributed by atoms with Crippen LogP contribution >= 0.6 is 23.2 Å². The first-order valence-corrected chi connectivity index (χ1v) is 4.46. The number of rotatable bonds is 1. The van der Waals surface area contributed by atoms with Crippen LogP contribution < -0.4 is 5.73 Å². The molecule has 1 rings (SSSR count). The maximum Gasteiger partial charge on any atom is 0.407 e. The molecule has 1 aromatic carbocycles. The second kappa shape index (κ2) is 4.15. The summed E-state index contributed by atoms with van der Waals surface area (Å²) in [6.07, 6.45) is -4.77. The van der Waals surface area contributed by atoms with E-state index in [2.05, 4.69) is 0 Å². The Morgan fingerprint density at radius 2 is 1.73 bits per heavy atom. The zero-order valence-electron chi connectivity index (χ0n) is 7.08. The minimum Gasteiger partial charge on any atom is -0.316 e. The van der Waals surface area contributed by atoms with E-state index < -0.39 is 28.6 Å². The first kappa shape index (κ1) is 12.5. The van der Waals surface area contributed by atoms with Gasteiger partial charge in [0.05, 0.1) is 10.0 Å². The lowest BCUT2D eigenvalue weighted by Gasteiger charge is -2.18. The van der Waals surface area contributed by atoms with E-state index in [0.717, 1.165) is 12.1 Å². The number of halogens is 6. The van der Waals surface area contributed by atoms with Crippen LogP contribution in [0.1, 0.15) is 11.6 Å². The van der Waals surface area contributed by atoms with Crippen molar-refractivity contribution in [3.05, 3.63) is 33.6 Å². The zero-order valence-corrected chi connectivity index (χ0v) is 8.59. The van der Waals surface area contributed by atoms with Gasteiger partial charge in [-0.3, -0.25) is 0 Å². The summed E-state index contributed by atoms with van der Waals surface area (Å²) in [4.78, 5) is 0. The molecule has 7 heteroatoms. The molecule has 2 N–H and O–H groups in total. The fraction of sp³-hybridized carbons (Fsp3) is 0.250. The highest BCUT2D eigenvalue weighted by atomic mass is 35.5. The van der Waals surface area contributed by atoms with E-state index in [-0.39, 0.29) is 5.02 Å². The van der Waals surface area contributed by atoms with Gasteiger partial charge in [-0.05, 0) is 12.1 Å². The van der Waals surface area contributed by atoms with Gasteiger partial charge in [0.15, 0.2) is 0 Å². The quantitative estimate of drug-likeness (QED) is 0.606. The third-order valence-corrected chi connectivity index (χ3v) is 2.56. The minimum absolute atomic E-state index is 0.173. The topological polar surface area (TPSA) is 26.0 Å². The fourth-order valence-corrected chi connectivity index (χ4v) is 1.43. The first-order chi connectivity index (χ1) is 6.75. The van der Waals surface area contributed by atoms with Crippen LogP contribution in [0.5, 0.6) is 0 Å². The Balaban J connectivity index is 3.31. The van der Waals surface area contributed by atoms with Crippen LogP contribution in [0.2, 0.25) is 10.0 Å². The van der Waals surface area contributed by atoms with Crippen molar-refractivity contribution >= 4 is 23.2 Å². The lowest BCUT2D eigenvalue weighted by molar-refractivity contribution is -0.149. The summed E-state index contributed by atoms with van der Waals surface area (Å²) in [7, 11) is 0. The molecule has 1 atom stereocenters. The molecule has 0 aliphatic heterocycles. The molecular formula is C8H5Cl2F4N. The summed E-state index contributed by atoms with van der Waals surface area (Å²) in [6, 6.07) is -0.635. The lowest BCUT2D eigenvalue weighted by atomic mass is 10.1. The van der Waals surface area contributed by atoms with Crippen LogP contribution in [0.15, 0.2) is 12.1 Å². The van der Waals surface area contributed by atoms with Crippen LogP contribution in [-0.2, 0) is 0 Å². The number of nitrogens with two attached hydrogens (primary N) is 1. The van der Waals surface area contributed by atoms with Crippen LogP contribution in [0, 0.1) is 5.82 Å². The van der Waals surface area contributed by atoms with Crippen molar-refractivity contribution in [1.29, 1.82) is 0 Å². The summed E-state index contributed by atoms with van der Waals surface area (Å²) in [5, 5.41) is -0.686. The second-order valence-electron chi connectivity index (χ2n) is 2.78. The molecule has 0 fully saturated rings. The molecule has 0 saturated carbocycles. The second-order valence-corrected chi connectivity index (χ2v) is 3.56. The molecule has 0 amide bonds. The minimum atomic E-state index is -4.77. The van der Waals surface area contributed by atoms with Gasteiger partial charge in [-0.25, -0.2) is 4.39 Å². The highest BCUT2D eigenvalue weighted by Crippen LogP contribution is 2.38. The Morgan fingerprint density at radius 1 is 1.20 bits per heavy atom. The summed E-state index contributed by atoms with van der Waals surface area (Å²) in [5.41, 5.74) is 4.00. The molecule has 1 aromatic rings. The Hall–Kier alpha value is -0.520. The van der Waals surface area contributed by atoms with Gasteiger partial charge in [-0.15, -0.1) is 0 Å². The van der Waals surface area contributed by atoms with Gasteiger partial charge in [-0.2, -0.15) is 13.2 Å². The highest BCUT2D eigenvalue weighted by molar-refractivity contribution is 6.42. The number of hydrogen-bond donors (Lipinski definition) is 1. The maximum absolute atomic E-state index is 13.1. The van der Waals surface area contributed by atoms with E-state index in [1.54, 1.807) is 0 Å². The van der Waals surface area contributed by atoms with Crippen LogP contribution in [-0.4, -0.2) is 6.18 Å². The third kappa shape index (κ3) is 2.53. The Kier molecular flexibility index (Phi) is 3.48. The van der Waals surface area contributed by atoms with Gasteiger partial charge < -0.3 is 5.73 Å². The molecule has 0 spiro atoms. The van der Waals surface area contributed by atoms with Gasteiger partial charge >= 0.3 is 6.18 Å². The van der Waals surface area contributed by atoms with E-state index in [9.17, 15) is 17.6 Å². The van der Waals surface area contributed by atoms with Gasteiger partial charge in [-0.1, -0.05) is 23.2 Å². The van der Waals surface area contributed by atoms with E-state index >= 15 is 0 Å². The van der Waals surface area contributed by atoms with Crippen LogP contribution in [0.25, 0.3) is 0 Å². The zero-order chi connectivity index (χ0) is 11.8. The molecule has 0 bridgehead atoms. The first-order valence-electron chi connectivity index (χ1n) is 3.71. The fourth-order valence-electron chi connectivity index (χ4n) is 0.992. The molecule has 0 radical (unpaired) electrons. The smallest absolute Gasteiger partial charge is 0.316 e. The third-order valence-electron chi connectivity index (χ3n) is 1.74. The van der Waals surface area contributed by atoms with E-state index in [1.807, 2.05) is 0 Å². The van der Waals surface area contributed by atoms with Gasteiger partial charge in [0.2, 0.25) is 0 Å². The SMILES string of the molecule is N[C@H](c1c(F)ccc(Cl)c1Cl)C(F)(F)F. The van der Waals surface area contributed by atoms with E-state index in [4.69, 9.17) is 28.9 Å². The van der Waals surface area contributed by atoms with E-state index in [1.165, 1.54) is 0 Å². The largest absolute Gasteiger partial charge is 0.407 e. The summed E-state index contributed by atoms with van der Waals surface area (Å²) < 4.78 is 49.8. The summed E-state index contributed by atoms with van der Waals surface area (Å²) in [5.74, 6) is -1.13. The van der Waals surface area contributed by atoms with Gasteiger partial charge in [0, 0.05) is 5.56 Å². The summed E-state index contributed by atoms with van der Waals surface area (Å²) >= 11 is 10.9. The number of hydrogen-bond acceptors (Lipinski definition) is 1. The van der Waals surface area contributed by atoms with Crippen molar-refractivity contribution in [2.75, 3.05) is 0 Å². The van der Waals surface area contributed by atoms with Gasteiger partial charge in [0.1, 0.15) is 11.9 Å². The van der Waals surface area contributed by atoms with Crippen LogP contribution in [0.3, 0.4) is 0 Å². The van der Waals surface area contributed by atoms with E-state index in [0.29, 0.717) is 0 Å². The molecule has 0 aliphatic carbocycles. The summed E-state index contributed by atoms with van der Waals surface area (Å²) in [6.45, 7) is 0. The monoisotopic (exact) mass is 261 g/mol. The predicted octanol–water partition coefficient (Wildman–Crippen LogP) is 3.69. The van der Waals surface area contributed by atoms with Crippen molar-refractivity contribution in [2.24, 2.45) is 5.73 Å². The van der Waals surface area contributed by atoms with Gasteiger partial charge in [0.25, 0.3) is 0 Å². The molecule has 0 aromatic heterocycles. The molecular weight excluding hydrogens is 257 g/mol. The lowest BCUT2D eigenvalue weighted by Crippen LogP contribution is -2.29. The molecule has 84 valence electrons. The number of benzene rings is 1. The predicted molar refractivity (Wildman–Crippen MR) is 49.4 cm³/mol. The van der Waals surface area contributed by atoms with Crippen molar-refractivity contribution in [2.45, 2.75) is 12.2 Å². The van der Waals surface area contributed by atoms with Crippen molar-refractivity contribution in [3.63, 3.8) is 0 Å². The molecule has 1 nitrogen and oxygen atoms in total.